The van der Waals surface area contributed by atoms with Gasteiger partial charge in [0.2, 0.25) is 0 Å². The van der Waals surface area contributed by atoms with Gasteiger partial charge in [0.15, 0.2) is 0 Å². The number of aryl methyl sites for hydroxylation is 1. The zero-order chi connectivity index (χ0) is 13.8. The molecule has 1 aromatic heterocycles. The predicted octanol–water partition coefficient (Wildman–Crippen LogP) is 3.77. The monoisotopic (exact) mass is 290 g/mol. The van der Waals surface area contributed by atoms with Crippen LogP contribution in [0.5, 0.6) is 0 Å². The number of hydrogen-bond donors (Lipinski definition) is 1. The Morgan fingerprint density at radius 3 is 3.10 bits per heavy atom. The van der Waals surface area contributed by atoms with Crippen LogP contribution in [0, 0.1) is 0 Å². The number of nitrogens with zero attached hydrogens (tertiary/aromatic N) is 1. The fraction of sp³-hybridized carbons (Fsp3) is 0.706. The summed E-state index contributed by atoms with van der Waals surface area (Å²) < 4.78 is 0. The van der Waals surface area contributed by atoms with Crippen molar-refractivity contribution in [2.24, 2.45) is 0 Å². The minimum Gasteiger partial charge on any atom is -0.312 e. The molecule has 0 bridgehead atoms. The highest BCUT2D eigenvalue weighted by atomic mass is 32.2. The smallest absolute Gasteiger partial charge is 0.0482 e. The first-order valence-corrected chi connectivity index (χ1v) is 9.24. The molecule has 2 nitrogen and oxygen atoms in total. The van der Waals surface area contributed by atoms with Crippen molar-refractivity contribution < 1.29 is 0 Å². The third kappa shape index (κ3) is 3.04. The van der Waals surface area contributed by atoms with Crippen LogP contribution in [-0.2, 0) is 6.42 Å². The molecular weight excluding hydrogens is 264 g/mol. The van der Waals surface area contributed by atoms with E-state index in [-0.39, 0.29) is 0 Å². The van der Waals surface area contributed by atoms with Gasteiger partial charge in [0, 0.05) is 29.1 Å². The molecule has 110 valence electrons. The van der Waals surface area contributed by atoms with Crippen LogP contribution >= 0.6 is 11.8 Å². The molecule has 1 N–H and O–H groups in total. The van der Waals surface area contributed by atoms with Crippen molar-refractivity contribution in [3.05, 3.63) is 29.6 Å². The number of fused-ring (bicyclic) bond motifs is 1. The Bertz CT molecular complexity index is 429. The van der Waals surface area contributed by atoms with Crippen molar-refractivity contribution >= 4 is 11.8 Å². The maximum Gasteiger partial charge on any atom is 0.0482 e. The van der Waals surface area contributed by atoms with Gasteiger partial charge < -0.3 is 5.32 Å². The first kappa shape index (κ1) is 14.4. The van der Waals surface area contributed by atoms with E-state index >= 15 is 0 Å². The Labute approximate surface area is 127 Å². The molecule has 1 aliphatic heterocycles. The largest absolute Gasteiger partial charge is 0.312 e. The molecule has 0 saturated carbocycles. The van der Waals surface area contributed by atoms with Gasteiger partial charge in [0.1, 0.15) is 0 Å². The summed E-state index contributed by atoms with van der Waals surface area (Å²) in [6.45, 7) is 3.31. The first-order chi connectivity index (χ1) is 9.90. The quantitative estimate of drug-likeness (QED) is 0.914. The lowest BCUT2D eigenvalue weighted by molar-refractivity contribution is 0.367. The van der Waals surface area contributed by atoms with E-state index in [1.807, 2.05) is 6.20 Å². The van der Waals surface area contributed by atoms with Crippen LogP contribution in [-0.4, -0.2) is 28.6 Å². The van der Waals surface area contributed by atoms with Gasteiger partial charge in [0.25, 0.3) is 0 Å². The standard InChI is InChI=1S/C17H26N2S/c1-2-18-17(15-10-3-4-12-20-15)14-9-5-7-13-8-6-11-19-16(13)14/h6,8,11,14-15,17-18H,2-5,7,9-10,12H2,1H3. The van der Waals surface area contributed by atoms with Crippen LogP contribution in [0.4, 0.5) is 0 Å². The molecule has 3 atom stereocenters. The Hall–Kier alpha value is -0.540. The van der Waals surface area contributed by atoms with Gasteiger partial charge in [-0.25, -0.2) is 0 Å². The minimum absolute atomic E-state index is 0.610. The van der Waals surface area contributed by atoms with Crippen LogP contribution in [0.25, 0.3) is 0 Å². The fourth-order valence-corrected chi connectivity index (χ4v) is 5.31. The zero-order valence-electron chi connectivity index (χ0n) is 12.5. The lowest BCUT2D eigenvalue weighted by atomic mass is 9.80. The van der Waals surface area contributed by atoms with Gasteiger partial charge in [-0.2, -0.15) is 11.8 Å². The summed E-state index contributed by atoms with van der Waals surface area (Å²) in [7, 11) is 0. The molecule has 20 heavy (non-hydrogen) atoms. The summed E-state index contributed by atoms with van der Waals surface area (Å²) in [5.41, 5.74) is 2.88. The van der Waals surface area contributed by atoms with E-state index in [0.717, 1.165) is 11.8 Å². The Morgan fingerprint density at radius 1 is 1.35 bits per heavy atom. The van der Waals surface area contributed by atoms with Crippen molar-refractivity contribution in [1.82, 2.24) is 10.3 Å². The van der Waals surface area contributed by atoms with Crippen molar-refractivity contribution in [1.29, 1.82) is 0 Å². The summed E-state index contributed by atoms with van der Waals surface area (Å²) >= 11 is 2.19. The molecule has 3 heteroatoms. The fourth-order valence-electron chi connectivity index (χ4n) is 3.81. The van der Waals surface area contributed by atoms with E-state index in [1.165, 1.54) is 55.5 Å². The normalized spacial score (nSPS) is 27.9. The number of thioether (sulfide) groups is 1. The van der Waals surface area contributed by atoms with Gasteiger partial charge in [-0.15, -0.1) is 0 Å². The lowest BCUT2D eigenvalue weighted by Gasteiger charge is -2.38. The third-order valence-electron chi connectivity index (χ3n) is 4.73. The van der Waals surface area contributed by atoms with Crippen molar-refractivity contribution in [3.8, 4) is 0 Å². The summed E-state index contributed by atoms with van der Waals surface area (Å²) in [6.07, 6.45) is 10.0. The maximum atomic E-state index is 4.75. The number of hydrogen-bond acceptors (Lipinski definition) is 3. The van der Waals surface area contributed by atoms with Crippen molar-refractivity contribution in [2.45, 2.75) is 62.7 Å². The molecule has 1 aromatic rings. The summed E-state index contributed by atoms with van der Waals surface area (Å²) in [4.78, 5) is 4.75. The average molecular weight is 290 g/mol. The number of aromatic nitrogens is 1. The van der Waals surface area contributed by atoms with E-state index in [0.29, 0.717) is 12.0 Å². The molecular formula is C17H26N2S. The van der Waals surface area contributed by atoms with Crippen LogP contribution in [0.3, 0.4) is 0 Å². The number of pyridine rings is 1. The molecule has 2 heterocycles. The molecule has 0 aromatic carbocycles. The number of likely N-dealkylation sites (N-methyl/N-ethyl adjacent to an activating group) is 1. The van der Waals surface area contributed by atoms with Crippen LogP contribution < -0.4 is 5.32 Å². The molecule has 0 spiro atoms. The van der Waals surface area contributed by atoms with Crippen LogP contribution in [0.15, 0.2) is 18.3 Å². The van der Waals surface area contributed by atoms with Crippen molar-refractivity contribution in [3.63, 3.8) is 0 Å². The second-order valence-electron chi connectivity index (χ2n) is 6.03. The van der Waals surface area contributed by atoms with Gasteiger partial charge in [-0.1, -0.05) is 19.4 Å². The highest BCUT2D eigenvalue weighted by Gasteiger charge is 2.34. The van der Waals surface area contributed by atoms with E-state index in [4.69, 9.17) is 4.98 Å². The molecule has 2 aliphatic rings. The van der Waals surface area contributed by atoms with E-state index in [9.17, 15) is 0 Å². The minimum atomic E-state index is 0.610. The SMILES string of the molecule is CCNC(C1CCCCS1)C1CCCc2cccnc21. The van der Waals surface area contributed by atoms with Crippen LogP contribution in [0.1, 0.15) is 56.2 Å². The summed E-state index contributed by atoms with van der Waals surface area (Å²) in [5.74, 6) is 1.96. The van der Waals surface area contributed by atoms with Crippen LogP contribution in [0.2, 0.25) is 0 Å². The molecule has 0 radical (unpaired) electrons. The maximum absolute atomic E-state index is 4.75. The van der Waals surface area contributed by atoms with Gasteiger partial charge in [-0.05, 0) is 56.0 Å². The van der Waals surface area contributed by atoms with E-state index in [2.05, 4.69) is 36.1 Å². The summed E-state index contributed by atoms with van der Waals surface area (Å²) in [6, 6.07) is 4.99. The van der Waals surface area contributed by atoms with E-state index in [1.54, 1.807) is 0 Å². The molecule has 3 unspecified atom stereocenters. The Morgan fingerprint density at radius 2 is 2.30 bits per heavy atom. The highest BCUT2D eigenvalue weighted by Crippen LogP contribution is 2.39. The molecule has 1 aliphatic carbocycles. The third-order valence-corrected chi connectivity index (χ3v) is 6.21. The van der Waals surface area contributed by atoms with Gasteiger partial charge >= 0.3 is 0 Å². The Kier molecular flexibility index (Phi) is 5.00. The molecule has 1 fully saturated rings. The highest BCUT2D eigenvalue weighted by molar-refractivity contribution is 8.00. The second-order valence-corrected chi connectivity index (χ2v) is 7.38. The van der Waals surface area contributed by atoms with Crippen molar-refractivity contribution in [2.75, 3.05) is 12.3 Å². The van der Waals surface area contributed by atoms with Gasteiger partial charge in [-0.3, -0.25) is 4.98 Å². The second kappa shape index (κ2) is 6.95. The Balaban J connectivity index is 1.84. The molecule has 3 rings (SSSR count). The lowest BCUT2D eigenvalue weighted by Crippen LogP contribution is -2.45. The number of rotatable bonds is 4. The van der Waals surface area contributed by atoms with Gasteiger partial charge in [0.05, 0.1) is 0 Å². The molecule has 1 saturated heterocycles. The summed E-state index contributed by atoms with van der Waals surface area (Å²) in [5, 5.41) is 4.58. The zero-order valence-corrected chi connectivity index (χ0v) is 13.3. The molecule has 0 amide bonds. The average Bonchev–Trinajstić information content (AvgIpc) is 2.53. The number of nitrogens with one attached hydrogen (secondary N) is 1. The predicted molar refractivity (Wildman–Crippen MR) is 87.5 cm³/mol. The van der Waals surface area contributed by atoms with E-state index < -0.39 is 0 Å². The topological polar surface area (TPSA) is 24.9 Å². The first-order valence-electron chi connectivity index (χ1n) is 8.19.